The lowest BCUT2D eigenvalue weighted by atomic mass is 9.80. The molecular weight excluding hydrogens is 240 g/mol. The summed E-state index contributed by atoms with van der Waals surface area (Å²) in [4.78, 5) is 25.7. The third kappa shape index (κ3) is 3.28. The van der Waals surface area contributed by atoms with E-state index in [2.05, 4.69) is 12.2 Å². The van der Waals surface area contributed by atoms with Crippen molar-refractivity contribution in [1.82, 2.24) is 10.2 Å². The Kier molecular flexibility index (Phi) is 4.16. The molecule has 0 aromatic heterocycles. The van der Waals surface area contributed by atoms with Gasteiger partial charge in [-0.15, -0.1) is 0 Å². The summed E-state index contributed by atoms with van der Waals surface area (Å²) in [5.74, 6) is 1.47. The highest BCUT2D eigenvalue weighted by molar-refractivity contribution is 5.97. The molecule has 1 saturated heterocycles. The first-order chi connectivity index (χ1) is 8.92. The van der Waals surface area contributed by atoms with Crippen molar-refractivity contribution in [3.05, 3.63) is 0 Å². The first-order valence-corrected chi connectivity index (χ1v) is 7.52. The normalized spacial score (nSPS) is 31.2. The minimum absolute atomic E-state index is 0.0353. The number of carbonyl (C=O) groups is 2. The zero-order chi connectivity index (χ0) is 14.0. The number of rotatable bonds is 3. The Morgan fingerprint density at radius 1 is 1.16 bits per heavy atom. The topological polar surface area (TPSA) is 49.4 Å². The molecule has 0 atom stereocenters. The maximum absolute atomic E-state index is 12.3. The van der Waals surface area contributed by atoms with Crippen molar-refractivity contribution in [2.75, 3.05) is 13.1 Å². The molecule has 19 heavy (non-hydrogen) atoms. The fourth-order valence-corrected chi connectivity index (χ4v) is 3.36. The quantitative estimate of drug-likeness (QED) is 0.848. The van der Waals surface area contributed by atoms with E-state index in [0.29, 0.717) is 5.92 Å². The fraction of sp³-hybridized carbons (Fsp3) is 0.867. The number of nitrogens with one attached hydrogen (secondary N) is 1. The largest absolute Gasteiger partial charge is 0.341 e. The molecule has 0 aromatic carbocycles. The average Bonchev–Trinajstić information content (AvgIpc) is 2.36. The summed E-state index contributed by atoms with van der Waals surface area (Å²) in [6.07, 6.45) is 6.22. The molecule has 108 valence electrons. The Balaban J connectivity index is 1.92. The molecule has 2 amide bonds. The van der Waals surface area contributed by atoms with Crippen LogP contribution in [0.5, 0.6) is 0 Å². The Hall–Kier alpha value is -1.06. The Morgan fingerprint density at radius 3 is 2.32 bits per heavy atom. The van der Waals surface area contributed by atoms with E-state index < -0.39 is 5.54 Å². The molecule has 2 rings (SSSR count). The summed E-state index contributed by atoms with van der Waals surface area (Å²) >= 11 is 0. The summed E-state index contributed by atoms with van der Waals surface area (Å²) in [7, 11) is 0. The van der Waals surface area contributed by atoms with E-state index in [1.807, 2.05) is 0 Å². The third-order valence-corrected chi connectivity index (χ3v) is 4.63. The standard InChI is InChI=1S/C15H26N2O2/c1-4-11-5-7-12(8-6-11)9-17-10-13(18)16-15(2,3)14(17)19/h11-12H,4-10H2,1-3H3,(H,16,18). The number of hydrogen-bond acceptors (Lipinski definition) is 2. The molecule has 0 bridgehead atoms. The second-order valence-corrected chi connectivity index (χ2v) is 6.65. The maximum Gasteiger partial charge on any atom is 0.248 e. The number of hydrogen-bond donors (Lipinski definition) is 1. The first kappa shape index (κ1) is 14.4. The number of piperazine rings is 1. The van der Waals surface area contributed by atoms with Gasteiger partial charge in [0.05, 0.1) is 6.54 Å². The number of nitrogens with zero attached hydrogens (tertiary/aromatic N) is 1. The molecule has 0 aromatic rings. The van der Waals surface area contributed by atoms with Crippen molar-refractivity contribution < 1.29 is 9.59 Å². The predicted octanol–water partition coefficient (Wildman–Crippen LogP) is 1.94. The van der Waals surface area contributed by atoms with E-state index in [1.54, 1.807) is 18.7 Å². The predicted molar refractivity (Wildman–Crippen MR) is 74.5 cm³/mol. The van der Waals surface area contributed by atoms with Crippen molar-refractivity contribution in [3.8, 4) is 0 Å². The maximum atomic E-state index is 12.3. The van der Waals surface area contributed by atoms with Crippen molar-refractivity contribution in [3.63, 3.8) is 0 Å². The van der Waals surface area contributed by atoms with Gasteiger partial charge in [-0.25, -0.2) is 0 Å². The van der Waals surface area contributed by atoms with Gasteiger partial charge in [0.25, 0.3) is 0 Å². The molecule has 1 saturated carbocycles. The van der Waals surface area contributed by atoms with Gasteiger partial charge in [-0.05, 0) is 38.5 Å². The number of carbonyl (C=O) groups excluding carboxylic acids is 2. The van der Waals surface area contributed by atoms with Crippen LogP contribution < -0.4 is 5.32 Å². The molecule has 0 spiro atoms. The Bertz CT molecular complexity index is 357. The van der Waals surface area contributed by atoms with Crippen LogP contribution in [0.4, 0.5) is 0 Å². The second-order valence-electron chi connectivity index (χ2n) is 6.65. The lowest BCUT2D eigenvalue weighted by Gasteiger charge is -2.40. The van der Waals surface area contributed by atoms with E-state index in [0.717, 1.165) is 12.5 Å². The van der Waals surface area contributed by atoms with E-state index in [-0.39, 0.29) is 18.4 Å². The van der Waals surface area contributed by atoms with Crippen LogP contribution in [0.15, 0.2) is 0 Å². The smallest absolute Gasteiger partial charge is 0.248 e. The van der Waals surface area contributed by atoms with Crippen molar-refractivity contribution in [1.29, 1.82) is 0 Å². The molecule has 1 N–H and O–H groups in total. The summed E-state index contributed by atoms with van der Waals surface area (Å²) in [6.45, 7) is 6.81. The molecule has 2 fully saturated rings. The SMILES string of the molecule is CCC1CCC(CN2CC(=O)NC(C)(C)C2=O)CC1. The van der Waals surface area contributed by atoms with Crippen LogP contribution in [-0.4, -0.2) is 35.3 Å². The lowest BCUT2D eigenvalue weighted by molar-refractivity contribution is -0.149. The van der Waals surface area contributed by atoms with Crippen LogP contribution in [-0.2, 0) is 9.59 Å². The molecule has 4 heteroatoms. The first-order valence-electron chi connectivity index (χ1n) is 7.52. The summed E-state index contributed by atoms with van der Waals surface area (Å²) in [5.41, 5.74) is -0.740. The van der Waals surface area contributed by atoms with Crippen LogP contribution in [0.25, 0.3) is 0 Å². The van der Waals surface area contributed by atoms with Gasteiger partial charge in [0.15, 0.2) is 0 Å². The summed E-state index contributed by atoms with van der Waals surface area (Å²) in [5, 5.41) is 2.76. The van der Waals surface area contributed by atoms with Crippen LogP contribution in [0.1, 0.15) is 52.9 Å². The van der Waals surface area contributed by atoms with E-state index in [1.165, 1.54) is 32.1 Å². The van der Waals surface area contributed by atoms with Crippen LogP contribution in [0.2, 0.25) is 0 Å². The van der Waals surface area contributed by atoms with Gasteiger partial charge in [-0.1, -0.05) is 26.2 Å². The third-order valence-electron chi connectivity index (χ3n) is 4.63. The molecule has 2 aliphatic rings. The van der Waals surface area contributed by atoms with Crippen molar-refractivity contribution >= 4 is 11.8 Å². The van der Waals surface area contributed by atoms with Crippen molar-refractivity contribution in [2.45, 2.75) is 58.4 Å². The zero-order valence-corrected chi connectivity index (χ0v) is 12.4. The van der Waals surface area contributed by atoms with E-state index in [4.69, 9.17) is 0 Å². The van der Waals surface area contributed by atoms with Gasteiger partial charge in [-0.3, -0.25) is 9.59 Å². The van der Waals surface area contributed by atoms with Gasteiger partial charge in [0, 0.05) is 6.54 Å². The molecule has 1 aliphatic heterocycles. The van der Waals surface area contributed by atoms with Gasteiger partial charge in [0.2, 0.25) is 11.8 Å². The molecular formula is C15H26N2O2. The van der Waals surface area contributed by atoms with Crippen molar-refractivity contribution in [2.24, 2.45) is 11.8 Å². The van der Waals surface area contributed by atoms with E-state index >= 15 is 0 Å². The minimum Gasteiger partial charge on any atom is -0.341 e. The lowest BCUT2D eigenvalue weighted by Crippen LogP contribution is -2.64. The molecule has 0 unspecified atom stereocenters. The number of amides is 2. The van der Waals surface area contributed by atoms with Gasteiger partial charge in [0.1, 0.15) is 5.54 Å². The highest BCUT2D eigenvalue weighted by atomic mass is 16.2. The van der Waals surface area contributed by atoms with Gasteiger partial charge >= 0.3 is 0 Å². The molecule has 0 radical (unpaired) electrons. The zero-order valence-electron chi connectivity index (χ0n) is 12.4. The molecule has 4 nitrogen and oxygen atoms in total. The summed E-state index contributed by atoms with van der Waals surface area (Å²) < 4.78 is 0. The Morgan fingerprint density at radius 2 is 1.74 bits per heavy atom. The summed E-state index contributed by atoms with van der Waals surface area (Å²) in [6, 6.07) is 0. The average molecular weight is 266 g/mol. The van der Waals surface area contributed by atoms with Crippen LogP contribution >= 0.6 is 0 Å². The molecule has 1 heterocycles. The van der Waals surface area contributed by atoms with Crippen LogP contribution in [0.3, 0.4) is 0 Å². The van der Waals surface area contributed by atoms with Crippen LogP contribution in [0, 0.1) is 11.8 Å². The van der Waals surface area contributed by atoms with Gasteiger partial charge < -0.3 is 10.2 Å². The monoisotopic (exact) mass is 266 g/mol. The molecule has 1 aliphatic carbocycles. The second kappa shape index (κ2) is 5.51. The Labute approximate surface area is 115 Å². The highest BCUT2D eigenvalue weighted by Gasteiger charge is 2.39. The fourth-order valence-electron chi connectivity index (χ4n) is 3.36. The van der Waals surface area contributed by atoms with E-state index in [9.17, 15) is 9.59 Å². The highest BCUT2D eigenvalue weighted by Crippen LogP contribution is 2.31. The minimum atomic E-state index is -0.740. The van der Waals surface area contributed by atoms with Gasteiger partial charge in [-0.2, -0.15) is 0 Å².